The van der Waals surface area contributed by atoms with Crippen LogP contribution in [0, 0.1) is 6.92 Å². The number of nitrogens with zero attached hydrogens (tertiary/aromatic N) is 2. The van der Waals surface area contributed by atoms with Crippen molar-refractivity contribution < 1.29 is 14.6 Å². The lowest BCUT2D eigenvalue weighted by molar-refractivity contribution is 0.0689. The summed E-state index contributed by atoms with van der Waals surface area (Å²) in [5.41, 5.74) is 2.07. The monoisotopic (exact) mass is 286 g/mol. The van der Waals surface area contributed by atoms with Gasteiger partial charge in [-0.05, 0) is 37.8 Å². The molecule has 0 unspecified atom stereocenters. The van der Waals surface area contributed by atoms with E-state index in [1.165, 1.54) is 0 Å². The van der Waals surface area contributed by atoms with E-state index in [1.807, 2.05) is 35.8 Å². The second-order valence-corrected chi connectivity index (χ2v) is 5.29. The molecule has 5 heteroatoms. The van der Waals surface area contributed by atoms with E-state index in [4.69, 9.17) is 4.74 Å². The Morgan fingerprint density at radius 3 is 2.95 bits per heavy atom. The van der Waals surface area contributed by atoms with Crippen molar-refractivity contribution in [2.75, 3.05) is 0 Å². The lowest BCUT2D eigenvalue weighted by Crippen LogP contribution is -2.15. The summed E-state index contributed by atoms with van der Waals surface area (Å²) >= 11 is 0. The van der Waals surface area contributed by atoms with Crippen LogP contribution in [0.5, 0.6) is 5.75 Å². The standard InChI is InChI=1S/C16H18N2O3/c1-11-6-2-3-8-13(11)21-10-14-17-15(16(19)20)12-7-4-5-9-18(12)14/h2-3,6,8H,4-5,7,9-10H2,1H3,(H,19,20). The zero-order chi connectivity index (χ0) is 14.8. The summed E-state index contributed by atoms with van der Waals surface area (Å²) in [6.07, 6.45) is 2.85. The van der Waals surface area contributed by atoms with Crippen molar-refractivity contribution in [3.8, 4) is 5.75 Å². The molecule has 0 amide bonds. The molecule has 2 heterocycles. The topological polar surface area (TPSA) is 64.3 Å². The highest BCUT2D eigenvalue weighted by Gasteiger charge is 2.24. The molecule has 5 nitrogen and oxygen atoms in total. The molecule has 1 aromatic heterocycles. The van der Waals surface area contributed by atoms with Crippen LogP contribution < -0.4 is 4.74 Å². The van der Waals surface area contributed by atoms with Gasteiger partial charge >= 0.3 is 5.97 Å². The normalized spacial score (nSPS) is 13.8. The number of hydrogen-bond donors (Lipinski definition) is 1. The second kappa shape index (κ2) is 5.60. The quantitative estimate of drug-likeness (QED) is 0.938. The predicted molar refractivity (Wildman–Crippen MR) is 77.6 cm³/mol. The van der Waals surface area contributed by atoms with E-state index in [-0.39, 0.29) is 5.69 Å². The van der Waals surface area contributed by atoms with Crippen LogP contribution >= 0.6 is 0 Å². The zero-order valence-electron chi connectivity index (χ0n) is 12.0. The highest BCUT2D eigenvalue weighted by molar-refractivity contribution is 5.86. The van der Waals surface area contributed by atoms with Gasteiger partial charge < -0.3 is 14.4 Å². The third-order valence-electron chi connectivity index (χ3n) is 3.85. The van der Waals surface area contributed by atoms with Gasteiger partial charge in [0.05, 0.1) is 5.69 Å². The van der Waals surface area contributed by atoms with E-state index in [1.54, 1.807) is 0 Å². The lowest BCUT2D eigenvalue weighted by Gasteiger charge is -2.17. The van der Waals surface area contributed by atoms with Gasteiger partial charge in [0.25, 0.3) is 0 Å². The van der Waals surface area contributed by atoms with Gasteiger partial charge in [0.15, 0.2) is 5.69 Å². The molecular weight excluding hydrogens is 268 g/mol. The molecule has 0 bridgehead atoms. The van der Waals surface area contributed by atoms with Crippen molar-refractivity contribution in [2.45, 2.75) is 39.3 Å². The number of carboxylic acids is 1. The number of rotatable bonds is 4. The third kappa shape index (κ3) is 2.63. The lowest BCUT2D eigenvalue weighted by atomic mass is 10.1. The number of aryl methyl sites for hydroxylation is 1. The Morgan fingerprint density at radius 2 is 2.19 bits per heavy atom. The summed E-state index contributed by atoms with van der Waals surface area (Å²) in [6.45, 7) is 3.10. The Bertz CT molecular complexity index is 676. The molecule has 1 aromatic carbocycles. The van der Waals surface area contributed by atoms with E-state index in [9.17, 15) is 9.90 Å². The van der Waals surface area contributed by atoms with Crippen LogP contribution in [0.3, 0.4) is 0 Å². The van der Waals surface area contributed by atoms with Gasteiger partial charge in [-0.1, -0.05) is 18.2 Å². The molecule has 0 spiro atoms. The smallest absolute Gasteiger partial charge is 0.356 e. The van der Waals surface area contributed by atoms with E-state index in [2.05, 4.69) is 4.98 Å². The zero-order valence-corrected chi connectivity index (χ0v) is 12.0. The fourth-order valence-electron chi connectivity index (χ4n) is 2.76. The number of fused-ring (bicyclic) bond motifs is 1. The van der Waals surface area contributed by atoms with Crippen LogP contribution in [-0.2, 0) is 19.6 Å². The van der Waals surface area contributed by atoms with E-state index in [0.717, 1.165) is 42.8 Å². The van der Waals surface area contributed by atoms with Crippen LogP contribution in [-0.4, -0.2) is 20.6 Å². The molecule has 3 rings (SSSR count). The van der Waals surface area contributed by atoms with Crippen molar-refractivity contribution in [3.63, 3.8) is 0 Å². The van der Waals surface area contributed by atoms with Crippen molar-refractivity contribution in [2.24, 2.45) is 0 Å². The third-order valence-corrected chi connectivity index (χ3v) is 3.85. The van der Waals surface area contributed by atoms with Crippen LogP contribution in [0.15, 0.2) is 24.3 Å². The van der Waals surface area contributed by atoms with E-state index >= 15 is 0 Å². The molecule has 1 aliphatic rings. The minimum atomic E-state index is -0.956. The number of para-hydroxylation sites is 1. The molecule has 1 N–H and O–H groups in total. The second-order valence-electron chi connectivity index (χ2n) is 5.29. The number of aromatic carboxylic acids is 1. The molecule has 0 fully saturated rings. The minimum absolute atomic E-state index is 0.179. The van der Waals surface area contributed by atoms with E-state index in [0.29, 0.717) is 12.4 Å². The van der Waals surface area contributed by atoms with Gasteiger partial charge in [-0.25, -0.2) is 9.78 Å². The summed E-state index contributed by atoms with van der Waals surface area (Å²) in [5, 5.41) is 9.27. The van der Waals surface area contributed by atoms with Gasteiger partial charge in [0, 0.05) is 6.54 Å². The maximum atomic E-state index is 11.3. The Labute approximate surface area is 123 Å². The van der Waals surface area contributed by atoms with Gasteiger partial charge in [0.1, 0.15) is 18.2 Å². The van der Waals surface area contributed by atoms with Crippen molar-refractivity contribution in [1.29, 1.82) is 0 Å². The maximum absolute atomic E-state index is 11.3. The summed E-state index contributed by atoms with van der Waals surface area (Å²) < 4.78 is 7.81. The molecule has 1 aliphatic heterocycles. The van der Waals surface area contributed by atoms with Crippen LogP contribution in [0.4, 0.5) is 0 Å². The Morgan fingerprint density at radius 1 is 1.38 bits per heavy atom. The number of aromatic nitrogens is 2. The van der Waals surface area contributed by atoms with Gasteiger partial charge in [-0.3, -0.25) is 0 Å². The Hall–Kier alpha value is -2.30. The number of benzene rings is 1. The number of hydrogen-bond acceptors (Lipinski definition) is 3. The average molecular weight is 286 g/mol. The Balaban J connectivity index is 1.86. The highest BCUT2D eigenvalue weighted by atomic mass is 16.5. The van der Waals surface area contributed by atoms with Gasteiger partial charge in [0.2, 0.25) is 0 Å². The first-order valence-corrected chi connectivity index (χ1v) is 7.17. The van der Waals surface area contributed by atoms with Crippen LogP contribution in [0.25, 0.3) is 0 Å². The summed E-state index contributed by atoms with van der Waals surface area (Å²) in [5.74, 6) is 0.552. The first kappa shape index (κ1) is 13.7. The number of imidazole rings is 1. The fourth-order valence-corrected chi connectivity index (χ4v) is 2.76. The maximum Gasteiger partial charge on any atom is 0.356 e. The molecule has 21 heavy (non-hydrogen) atoms. The first-order chi connectivity index (χ1) is 10.2. The predicted octanol–water partition coefficient (Wildman–Crippen LogP) is 2.81. The van der Waals surface area contributed by atoms with Crippen molar-refractivity contribution in [1.82, 2.24) is 9.55 Å². The number of carbonyl (C=O) groups is 1. The minimum Gasteiger partial charge on any atom is -0.485 e. The van der Waals surface area contributed by atoms with Crippen LogP contribution in [0.1, 0.15) is 40.4 Å². The van der Waals surface area contributed by atoms with Gasteiger partial charge in [-0.15, -0.1) is 0 Å². The molecule has 0 radical (unpaired) electrons. The SMILES string of the molecule is Cc1ccccc1OCc1nc(C(=O)O)c2n1CCCC2. The van der Waals surface area contributed by atoms with Crippen molar-refractivity contribution in [3.05, 3.63) is 47.0 Å². The highest BCUT2D eigenvalue weighted by Crippen LogP contribution is 2.23. The van der Waals surface area contributed by atoms with Crippen molar-refractivity contribution >= 4 is 5.97 Å². The summed E-state index contributed by atoms with van der Waals surface area (Å²) in [6, 6.07) is 7.78. The largest absolute Gasteiger partial charge is 0.485 e. The Kier molecular flexibility index (Phi) is 3.64. The van der Waals surface area contributed by atoms with E-state index < -0.39 is 5.97 Å². The van der Waals surface area contributed by atoms with Gasteiger partial charge in [-0.2, -0.15) is 0 Å². The molecule has 0 saturated heterocycles. The average Bonchev–Trinajstić information content (AvgIpc) is 2.86. The summed E-state index contributed by atoms with van der Waals surface area (Å²) in [4.78, 5) is 15.6. The molecule has 0 aliphatic carbocycles. The molecule has 0 saturated carbocycles. The number of carboxylic acid groups (broad SMARTS) is 1. The molecule has 2 aromatic rings. The summed E-state index contributed by atoms with van der Waals surface area (Å²) in [7, 11) is 0. The fraction of sp³-hybridized carbons (Fsp3) is 0.375. The molecule has 110 valence electrons. The van der Waals surface area contributed by atoms with Crippen LogP contribution in [0.2, 0.25) is 0 Å². The molecular formula is C16H18N2O3. The first-order valence-electron chi connectivity index (χ1n) is 7.17. The molecule has 0 atom stereocenters. The number of ether oxygens (including phenoxy) is 1.